The van der Waals surface area contributed by atoms with E-state index in [2.05, 4.69) is 15.8 Å². The van der Waals surface area contributed by atoms with Gasteiger partial charge >= 0.3 is 0 Å². The van der Waals surface area contributed by atoms with Crippen LogP contribution in [0.5, 0.6) is 11.5 Å². The van der Waals surface area contributed by atoms with Crippen LogP contribution in [0.1, 0.15) is 5.56 Å². The van der Waals surface area contributed by atoms with Crippen molar-refractivity contribution in [3.63, 3.8) is 0 Å². The number of thiocarbonyl (C=S) groups is 1. The molecule has 2 aromatic rings. The number of nitrogens with one attached hydrogen (secondary N) is 2. The van der Waals surface area contributed by atoms with Gasteiger partial charge in [0.2, 0.25) is 10.0 Å². The van der Waals surface area contributed by atoms with Gasteiger partial charge in [-0.25, -0.2) is 8.42 Å². The number of phenolic OH excluding ortho intramolecular Hbond substituents is 2. The van der Waals surface area contributed by atoms with Gasteiger partial charge in [0.05, 0.1) is 24.3 Å². The standard InChI is InChI=1S/C18H20N4O5S2/c23-16-6-1-13(11-17(16)24)12-19-21-18(28)20-14-2-4-15(5-3-14)29(25,26)22-7-9-27-10-8-22/h1-6,11-12,23-24H,7-10H2,(H2,20,21,28)/b19-12+. The van der Waals surface area contributed by atoms with E-state index in [1.54, 1.807) is 18.2 Å². The fourth-order valence-corrected chi connectivity index (χ4v) is 4.17. The van der Waals surface area contributed by atoms with Crippen molar-refractivity contribution in [2.45, 2.75) is 4.90 Å². The van der Waals surface area contributed by atoms with Gasteiger partial charge in [0, 0.05) is 18.8 Å². The lowest BCUT2D eigenvalue weighted by atomic mass is 10.2. The predicted molar refractivity (Wildman–Crippen MR) is 113 cm³/mol. The Hall–Kier alpha value is -2.73. The van der Waals surface area contributed by atoms with Gasteiger partial charge in [0.15, 0.2) is 16.6 Å². The van der Waals surface area contributed by atoms with Gasteiger partial charge in [-0.3, -0.25) is 5.43 Å². The molecule has 2 aromatic carbocycles. The number of morpholine rings is 1. The second-order valence-corrected chi connectivity index (χ2v) is 8.46. The van der Waals surface area contributed by atoms with E-state index in [1.807, 2.05) is 0 Å². The van der Waals surface area contributed by atoms with Gasteiger partial charge in [-0.2, -0.15) is 9.41 Å². The summed E-state index contributed by atoms with van der Waals surface area (Å²) in [5, 5.41) is 25.8. The minimum Gasteiger partial charge on any atom is -0.504 e. The van der Waals surface area contributed by atoms with Crippen molar-refractivity contribution in [2.75, 3.05) is 31.6 Å². The molecule has 1 aliphatic rings. The highest BCUT2D eigenvalue weighted by Crippen LogP contribution is 2.24. The molecular formula is C18H20N4O5S2. The molecule has 9 nitrogen and oxygen atoms in total. The maximum absolute atomic E-state index is 12.6. The smallest absolute Gasteiger partial charge is 0.243 e. The maximum Gasteiger partial charge on any atom is 0.243 e. The molecule has 0 spiro atoms. The van der Waals surface area contributed by atoms with Crippen LogP contribution in [0.4, 0.5) is 5.69 Å². The molecule has 0 aliphatic carbocycles. The van der Waals surface area contributed by atoms with Crippen LogP contribution in [-0.2, 0) is 14.8 Å². The zero-order valence-electron chi connectivity index (χ0n) is 15.3. The first-order chi connectivity index (χ1) is 13.9. The number of phenols is 2. The minimum atomic E-state index is -3.54. The second-order valence-electron chi connectivity index (χ2n) is 6.11. The van der Waals surface area contributed by atoms with Crippen LogP contribution in [0.15, 0.2) is 52.5 Å². The Morgan fingerprint density at radius 2 is 1.79 bits per heavy atom. The highest BCUT2D eigenvalue weighted by molar-refractivity contribution is 7.89. The Morgan fingerprint density at radius 3 is 2.45 bits per heavy atom. The Kier molecular flexibility index (Phi) is 6.64. The fraction of sp³-hybridized carbons (Fsp3) is 0.222. The van der Waals surface area contributed by atoms with Gasteiger partial charge in [-0.15, -0.1) is 0 Å². The van der Waals surface area contributed by atoms with Crippen molar-refractivity contribution in [1.82, 2.24) is 9.73 Å². The third kappa shape index (κ3) is 5.41. The number of aromatic hydroxyl groups is 2. The van der Waals surface area contributed by atoms with E-state index in [0.717, 1.165) is 0 Å². The number of nitrogens with zero attached hydrogens (tertiary/aromatic N) is 2. The molecule has 1 saturated heterocycles. The van der Waals surface area contributed by atoms with Gasteiger partial charge in [-0.05, 0) is 60.2 Å². The molecular weight excluding hydrogens is 416 g/mol. The van der Waals surface area contributed by atoms with E-state index >= 15 is 0 Å². The first-order valence-electron chi connectivity index (χ1n) is 8.66. The number of hydrogen-bond donors (Lipinski definition) is 4. The van der Waals surface area contributed by atoms with Crippen molar-refractivity contribution in [3.8, 4) is 11.5 Å². The summed E-state index contributed by atoms with van der Waals surface area (Å²) in [6.45, 7) is 1.46. The quantitative estimate of drug-likeness (QED) is 0.240. The molecule has 4 N–H and O–H groups in total. The van der Waals surface area contributed by atoms with Crippen LogP contribution in [0.2, 0.25) is 0 Å². The van der Waals surface area contributed by atoms with Crippen LogP contribution < -0.4 is 10.7 Å². The Balaban J connectivity index is 1.57. The van der Waals surface area contributed by atoms with Crippen molar-refractivity contribution >= 4 is 39.3 Å². The van der Waals surface area contributed by atoms with Crippen molar-refractivity contribution in [3.05, 3.63) is 48.0 Å². The van der Waals surface area contributed by atoms with Crippen molar-refractivity contribution in [1.29, 1.82) is 0 Å². The van der Waals surface area contributed by atoms with Crippen LogP contribution >= 0.6 is 12.2 Å². The minimum absolute atomic E-state index is 0.202. The lowest BCUT2D eigenvalue weighted by Crippen LogP contribution is -2.40. The van der Waals surface area contributed by atoms with Crippen molar-refractivity contribution in [2.24, 2.45) is 5.10 Å². The SMILES string of the molecule is O=S(=O)(c1ccc(NC(=S)N/N=C/c2ccc(O)c(O)c2)cc1)N1CCOCC1. The third-order valence-electron chi connectivity index (χ3n) is 4.10. The number of benzene rings is 2. The summed E-state index contributed by atoms with van der Waals surface area (Å²) in [4.78, 5) is 0.203. The molecule has 0 atom stereocenters. The molecule has 1 fully saturated rings. The van der Waals surface area contributed by atoms with E-state index in [9.17, 15) is 18.6 Å². The van der Waals surface area contributed by atoms with Crippen LogP contribution in [0.25, 0.3) is 0 Å². The molecule has 11 heteroatoms. The van der Waals surface area contributed by atoms with Crippen LogP contribution in [0, 0.1) is 0 Å². The predicted octanol–water partition coefficient (Wildman–Crippen LogP) is 1.44. The summed E-state index contributed by atoms with van der Waals surface area (Å²) in [7, 11) is -3.54. The molecule has 154 valence electrons. The molecule has 3 rings (SSSR count). The van der Waals surface area contributed by atoms with Gasteiger partial charge in [0.25, 0.3) is 0 Å². The van der Waals surface area contributed by atoms with Crippen molar-refractivity contribution < 1.29 is 23.4 Å². The lowest BCUT2D eigenvalue weighted by molar-refractivity contribution is 0.0730. The highest BCUT2D eigenvalue weighted by atomic mass is 32.2. The summed E-state index contributed by atoms with van der Waals surface area (Å²) >= 11 is 5.14. The average molecular weight is 437 g/mol. The molecule has 0 unspecified atom stereocenters. The van der Waals surface area contributed by atoms with Gasteiger partial charge in [0.1, 0.15) is 0 Å². The van der Waals surface area contributed by atoms with Crippen LogP contribution in [-0.4, -0.2) is 60.6 Å². The summed E-state index contributed by atoms with van der Waals surface area (Å²) in [5.74, 6) is -0.465. The van der Waals surface area contributed by atoms with Gasteiger partial charge in [-0.1, -0.05) is 0 Å². The average Bonchev–Trinajstić information content (AvgIpc) is 2.72. The normalized spacial score (nSPS) is 15.3. The number of sulfonamides is 1. The molecule has 29 heavy (non-hydrogen) atoms. The zero-order chi connectivity index (χ0) is 20.9. The number of rotatable bonds is 5. The monoisotopic (exact) mass is 436 g/mol. The highest BCUT2D eigenvalue weighted by Gasteiger charge is 2.26. The summed E-state index contributed by atoms with van der Waals surface area (Å²) in [6, 6.07) is 10.5. The Bertz CT molecular complexity index is 1000. The fourth-order valence-electron chi connectivity index (χ4n) is 2.59. The van der Waals surface area contributed by atoms with E-state index in [0.29, 0.717) is 37.6 Å². The molecule has 0 amide bonds. The molecule has 0 radical (unpaired) electrons. The first kappa shape index (κ1) is 21.0. The number of anilines is 1. The Morgan fingerprint density at radius 1 is 1.10 bits per heavy atom. The molecule has 0 bridgehead atoms. The van der Waals surface area contributed by atoms with E-state index in [4.69, 9.17) is 17.0 Å². The summed E-state index contributed by atoms with van der Waals surface area (Å²) in [6.07, 6.45) is 1.42. The third-order valence-corrected chi connectivity index (χ3v) is 6.21. The Labute approximate surface area is 173 Å². The first-order valence-corrected chi connectivity index (χ1v) is 10.5. The molecule has 0 aromatic heterocycles. The van der Waals surface area contributed by atoms with E-state index in [-0.39, 0.29) is 21.5 Å². The number of hydrazone groups is 1. The molecule has 1 aliphatic heterocycles. The largest absolute Gasteiger partial charge is 0.504 e. The van der Waals surface area contributed by atoms with Crippen LogP contribution in [0.3, 0.4) is 0 Å². The summed E-state index contributed by atoms with van der Waals surface area (Å²) < 4.78 is 31.8. The van der Waals surface area contributed by atoms with E-state index in [1.165, 1.54) is 34.8 Å². The number of hydrogen-bond acceptors (Lipinski definition) is 7. The molecule has 0 saturated carbocycles. The lowest BCUT2D eigenvalue weighted by Gasteiger charge is -2.26. The second kappa shape index (κ2) is 9.18. The molecule has 1 heterocycles. The van der Waals surface area contributed by atoms with Gasteiger partial charge < -0.3 is 20.3 Å². The van der Waals surface area contributed by atoms with E-state index < -0.39 is 10.0 Å². The maximum atomic E-state index is 12.6. The number of ether oxygens (including phenoxy) is 1. The summed E-state index contributed by atoms with van der Waals surface area (Å²) in [5.41, 5.74) is 3.78. The topological polar surface area (TPSA) is 123 Å². The zero-order valence-corrected chi connectivity index (χ0v) is 16.9.